The van der Waals surface area contributed by atoms with Crippen molar-refractivity contribution in [2.24, 2.45) is 5.92 Å². The maximum absolute atomic E-state index is 13.1. The maximum Gasteiger partial charge on any atom is 0.295 e. The lowest BCUT2D eigenvalue weighted by atomic mass is 9.95. The molecule has 1 aliphatic rings. The Morgan fingerprint density at radius 3 is 2.48 bits per heavy atom. The molecule has 1 aliphatic heterocycles. The molecule has 2 heterocycles. The summed E-state index contributed by atoms with van der Waals surface area (Å²) in [7, 11) is 3.93. The summed E-state index contributed by atoms with van der Waals surface area (Å²) in [6.07, 6.45) is 3.96. The zero-order valence-electron chi connectivity index (χ0n) is 20.0. The van der Waals surface area contributed by atoms with Gasteiger partial charge < -0.3 is 19.6 Å². The highest BCUT2D eigenvalue weighted by molar-refractivity contribution is 6.46. The average molecular weight is 452 g/mol. The van der Waals surface area contributed by atoms with Crippen molar-refractivity contribution in [1.29, 1.82) is 0 Å². The van der Waals surface area contributed by atoms with Crippen LogP contribution >= 0.6 is 0 Å². The van der Waals surface area contributed by atoms with Gasteiger partial charge in [0.1, 0.15) is 11.5 Å². The molecule has 0 saturated carbocycles. The number of Topliss-reactive ketones (excluding diaryl/α,β-unsaturated/α-hetero) is 1. The Morgan fingerprint density at radius 2 is 1.88 bits per heavy atom. The molecule has 1 atom stereocenters. The third kappa shape index (κ3) is 5.60. The van der Waals surface area contributed by atoms with Crippen LogP contribution in [0.15, 0.2) is 48.3 Å². The summed E-state index contributed by atoms with van der Waals surface area (Å²) >= 11 is 0. The van der Waals surface area contributed by atoms with Gasteiger partial charge >= 0.3 is 0 Å². The van der Waals surface area contributed by atoms with Gasteiger partial charge in [0.2, 0.25) is 0 Å². The number of aryl methyl sites for hydroxylation is 1. The minimum absolute atomic E-state index is 0.103. The second-order valence-corrected chi connectivity index (χ2v) is 9.11. The van der Waals surface area contributed by atoms with E-state index < -0.39 is 17.7 Å². The van der Waals surface area contributed by atoms with Gasteiger partial charge in [-0.1, -0.05) is 13.8 Å². The maximum atomic E-state index is 13.1. The second-order valence-electron chi connectivity index (χ2n) is 9.11. The molecule has 7 heteroatoms. The van der Waals surface area contributed by atoms with Gasteiger partial charge in [-0.3, -0.25) is 14.6 Å². The largest absolute Gasteiger partial charge is 0.507 e. The first-order valence-corrected chi connectivity index (χ1v) is 11.3. The minimum Gasteiger partial charge on any atom is -0.507 e. The van der Waals surface area contributed by atoms with Gasteiger partial charge in [0.15, 0.2) is 0 Å². The fourth-order valence-corrected chi connectivity index (χ4v) is 3.93. The third-order valence-corrected chi connectivity index (χ3v) is 5.59. The zero-order valence-corrected chi connectivity index (χ0v) is 20.0. The first kappa shape index (κ1) is 24.5. The molecule has 2 aromatic rings. The Kier molecular flexibility index (Phi) is 7.87. The molecule has 0 aliphatic carbocycles. The number of carbonyl (C=O) groups excluding carboxylic acids is 2. The molecule has 1 aromatic carbocycles. The fourth-order valence-electron chi connectivity index (χ4n) is 3.93. The van der Waals surface area contributed by atoms with E-state index in [0.29, 0.717) is 31.1 Å². The Morgan fingerprint density at radius 1 is 1.18 bits per heavy atom. The summed E-state index contributed by atoms with van der Waals surface area (Å²) < 4.78 is 5.83. The van der Waals surface area contributed by atoms with Crippen molar-refractivity contribution in [3.05, 3.63) is 65.0 Å². The second kappa shape index (κ2) is 10.6. The summed E-state index contributed by atoms with van der Waals surface area (Å²) in [4.78, 5) is 33.7. The van der Waals surface area contributed by atoms with Crippen molar-refractivity contribution < 1.29 is 19.4 Å². The van der Waals surface area contributed by atoms with Crippen molar-refractivity contribution in [2.45, 2.75) is 33.2 Å². The smallest absolute Gasteiger partial charge is 0.295 e. The number of likely N-dealkylation sites (tertiary alicyclic amines) is 1. The van der Waals surface area contributed by atoms with Crippen LogP contribution < -0.4 is 4.74 Å². The first-order chi connectivity index (χ1) is 15.7. The number of pyridine rings is 1. The van der Waals surface area contributed by atoms with E-state index in [4.69, 9.17) is 4.74 Å². The lowest BCUT2D eigenvalue weighted by Gasteiger charge is -2.25. The number of nitrogens with zero attached hydrogens (tertiary/aromatic N) is 3. The van der Waals surface area contributed by atoms with E-state index in [0.717, 1.165) is 23.4 Å². The van der Waals surface area contributed by atoms with Crippen molar-refractivity contribution in [3.63, 3.8) is 0 Å². The number of benzene rings is 1. The molecule has 1 N–H and O–H groups in total. The normalized spacial score (nSPS) is 17.9. The molecule has 7 nitrogen and oxygen atoms in total. The average Bonchev–Trinajstić information content (AvgIpc) is 3.03. The summed E-state index contributed by atoms with van der Waals surface area (Å²) in [5, 5.41) is 11.2. The highest BCUT2D eigenvalue weighted by Gasteiger charge is 2.45. The molecule has 1 aromatic heterocycles. The summed E-state index contributed by atoms with van der Waals surface area (Å²) in [6, 6.07) is 8.19. The Hall–Kier alpha value is -3.19. The molecule has 1 amide bonds. The number of carbonyl (C=O) groups is 2. The lowest BCUT2D eigenvalue weighted by molar-refractivity contribution is -0.139. The van der Waals surface area contributed by atoms with Crippen LogP contribution in [0.4, 0.5) is 0 Å². The zero-order chi connectivity index (χ0) is 24.1. The molecule has 33 heavy (non-hydrogen) atoms. The van der Waals surface area contributed by atoms with Gasteiger partial charge in [-0.15, -0.1) is 0 Å². The molecule has 3 rings (SSSR count). The molecular formula is C26H33N3O4. The van der Waals surface area contributed by atoms with E-state index >= 15 is 0 Å². The number of ether oxygens (including phenoxy) is 1. The molecule has 0 unspecified atom stereocenters. The molecule has 1 saturated heterocycles. The monoisotopic (exact) mass is 451 g/mol. The number of aliphatic hydroxyl groups excluding tert-OH is 1. The van der Waals surface area contributed by atoms with E-state index in [-0.39, 0.29) is 11.3 Å². The van der Waals surface area contributed by atoms with Crippen LogP contribution in [0, 0.1) is 12.8 Å². The standard InChI is InChI=1S/C26H33N3O4/c1-17(2)16-33-21-8-7-20(15-18(21)3)24(30)22-23(19-9-11-27-12-10-19)29(26(32)25(22)31)14-6-13-28(4)5/h7-12,15,17,23,30H,6,13-14,16H2,1-5H3/t23-/m1/s1. The molecule has 0 spiro atoms. The van der Waals surface area contributed by atoms with E-state index in [1.165, 1.54) is 0 Å². The number of hydrogen-bond acceptors (Lipinski definition) is 6. The SMILES string of the molecule is Cc1cc(C(O)=C2C(=O)C(=O)N(CCCN(C)C)[C@@H]2c2ccncc2)ccc1OCC(C)C. The molecule has 176 valence electrons. The molecular weight excluding hydrogens is 418 g/mol. The summed E-state index contributed by atoms with van der Waals surface area (Å²) in [5.41, 5.74) is 2.17. The number of amides is 1. The highest BCUT2D eigenvalue weighted by Crippen LogP contribution is 2.39. The topological polar surface area (TPSA) is 83.0 Å². The quantitative estimate of drug-likeness (QED) is 0.355. The van der Waals surface area contributed by atoms with Crippen LogP contribution in [0.3, 0.4) is 0 Å². The molecule has 0 bridgehead atoms. The molecule has 1 fully saturated rings. The van der Waals surface area contributed by atoms with Crippen molar-refractivity contribution in [3.8, 4) is 5.75 Å². The van der Waals surface area contributed by atoms with E-state index in [1.54, 1.807) is 47.6 Å². The van der Waals surface area contributed by atoms with E-state index in [9.17, 15) is 14.7 Å². The van der Waals surface area contributed by atoms with E-state index in [2.05, 4.69) is 18.8 Å². The Balaban J connectivity index is 2.01. The number of hydrogen-bond donors (Lipinski definition) is 1. The van der Waals surface area contributed by atoms with E-state index in [1.807, 2.05) is 25.9 Å². The summed E-state index contributed by atoms with van der Waals surface area (Å²) in [6.45, 7) is 7.83. The van der Waals surface area contributed by atoms with Crippen LogP contribution in [0.5, 0.6) is 5.75 Å². The lowest BCUT2D eigenvalue weighted by Crippen LogP contribution is -2.32. The summed E-state index contributed by atoms with van der Waals surface area (Å²) in [5.74, 6) is -0.317. The Labute approximate surface area is 195 Å². The number of ketones is 1. The highest BCUT2D eigenvalue weighted by atomic mass is 16.5. The minimum atomic E-state index is -0.669. The number of aliphatic hydroxyl groups is 1. The van der Waals surface area contributed by atoms with Gasteiger partial charge in [0.25, 0.3) is 11.7 Å². The van der Waals surface area contributed by atoms with Crippen LogP contribution in [-0.4, -0.2) is 65.4 Å². The van der Waals surface area contributed by atoms with Gasteiger partial charge in [-0.05, 0) is 81.4 Å². The fraction of sp³-hybridized carbons (Fsp3) is 0.423. The van der Waals surface area contributed by atoms with Gasteiger partial charge in [0, 0.05) is 24.5 Å². The van der Waals surface area contributed by atoms with Crippen LogP contribution in [-0.2, 0) is 9.59 Å². The predicted octanol–water partition coefficient (Wildman–Crippen LogP) is 3.80. The van der Waals surface area contributed by atoms with Crippen LogP contribution in [0.2, 0.25) is 0 Å². The van der Waals surface area contributed by atoms with Gasteiger partial charge in [0.05, 0.1) is 18.2 Å². The van der Waals surface area contributed by atoms with Gasteiger partial charge in [-0.25, -0.2) is 0 Å². The third-order valence-electron chi connectivity index (χ3n) is 5.59. The van der Waals surface area contributed by atoms with Crippen molar-refractivity contribution >= 4 is 17.4 Å². The van der Waals surface area contributed by atoms with Crippen molar-refractivity contribution in [2.75, 3.05) is 33.8 Å². The van der Waals surface area contributed by atoms with Crippen LogP contribution in [0.25, 0.3) is 5.76 Å². The van der Waals surface area contributed by atoms with Crippen molar-refractivity contribution in [1.82, 2.24) is 14.8 Å². The first-order valence-electron chi connectivity index (χ1n) is 11.3. The predicted molar refractivity (Wildman–Crippen MR) is 128 cm³/mol. The van der Waals surface area contributed by atoms with Crippen LogP contribution in [0.1, 0.15) is 43.0 Å². The Bertz CT molecular complexity index is 1030. The number of aromatic nitrogens is 1. The number of rotatable bonds is 9. The van der Waals surface area contributed by atoms with Gasteiger partial charge in [-0.2, -0.15) is 0 Å². The molecule has 0 radical (unpaired) electrons.